The van der Waals surface area contributed by atoms with Gasteiger partial charge in [0, 0.05) is 31.8 Å². The molecule has 22 heavy (non-hydrogen) atoms. The number of hydrogen-bond donors (Lipinski definition) is 2. The molecule has 0 fully saturated rings. The molecule has 0 aliphatic carbocycles. The van der Waals surface area contributed by atoms with Gasteiger partial charge in [0.25, 0.3) is 5.91 Å². The molecule has 120 valence electrons. The molecular weight excluding hydrogens is 280 g/mol. The highest BCUT2D eigenvalue weighted by Gasteiger charge is 2.01. The van der Waals surface area contributed by atoms with Gasteiger partial charge >= 0.3 is 0 Å². The molecule has 0 spiro atoms. The minimum absolute atomic E-state index is 0.128. The Morgan fingerprint density at radius 1 is 1.23 bits per heavy atom. The van der Waals surface area contributed by atoms with Crippen molar-refractivity contribution in [3.8, 4) is 0 Å². The van der Waals surface area contributed by atoms with Gasteiger partial charge in [-0.3, -0.25) is 9.59 Å². The van der Waals surface area contributed by atoms with Gasteiger partial charge in [0.1, 0.15) is 0 Å². The van der Waals surface area contributed by atoms with Gasteiger partial charge in [0.2, 0.25) is 5.91 Å². The summed E-state index contributed by atoms with van der Waals surface area (Å²) in [6.07, 6.45) is 4.21. The molecule has 0 saturated heterocycles. The lowest BCUT2D eigenvalue weighted by molar-refractivity contribution is -0.116. The summed E-state index contributed by atoms with van der Waals surface area (Å²) in [5, 5.41) is 5.36. The molecular formula is C17H24N2O3. The van der Waals surface area contributed by atoms with Gasteiger partial charge in [-0.2, -0.15) is 0 Å². The van der Waals surface area contributed by atoms with Gasteiger partial charge < -0.3 is 15.4 Å². The normalized spacial score (nSPS) is 10.9. The second-order valence-corrected chi connectivity index (χ2v) is 5.10. The summed E-state index contributed by atoms with van der Waals surface area (Å²) >= 11 is 0. The van der Waals surface area contributed by atoms with Gasteiger partial charge in [-0.25, -0.2) is 0 Å². The van der Waals surface area contributed by atoms with E-state index in [0.717, 1.165) is 12.0 Å². The first-order valence-electron chi connectivity index (χ1n) is 7.42. The third kappa shape index (κ3) is 7.04. The SMILES string of the molecule is CNC(=O)c1ccc(C=CC(=O)NCCCOC(C)C)cc1. The maximum atomic E-state index is 11.6. The topological polar surface area (TPSA) is 67.4 Å². The average Bonchev–Trinajstić information content (AvgIpc) is 2.52. The van der Waals surface area contributed by atoms with Crippen molar-refractivity contribution in [1.29, 1.82) is 0 Å². The highest BCUT2D eigenvalue weighted by Crippen LogP contribution is 2.06. The lowest BCUT2D eigenvalue weighted by atomic mass is 10.1. The average molecular weight is 304 g/mol. The Hall–Kier alpha value is -2.14. The first-order chi connectivity index (χ1) is 10.5. The molecule has 0 aromatic heterocycles. The summed E-state index contributed by atoms with van der Waals surface area (Å²) < 4.78 is 5.39. The summed E-state index contributed by atoms with van der Waals surface area (Å²) in [4.78, 5) is 23.0. The Morgan fingerprint density at radius 3 is 2.50 bits per heavy atom. The highest BCUT2D eigenvalue weighted by molar-refractivity contribution is 5.94. The number of benzene rings is 1. The molecule has 0 unspecified atom stereocenters. The fourth-order valence-corrected chi connectivity index (χ4v) is 1.72. The van der Waals surface area contributed by atoms with E-state index >= 15 is 0 Å². The molecule has 1 rings (SSSR count). The van der Waals surface area contributed by atoms with Crippen molar-refractivity contribution < 1.29 is 14.3 Å². The number of ether oxygens (including phenoxy) is 1. The molecule has 2 amide bonds. The van der Waals surface area contributed by atoms with E-state index < -0.39 is 0 Å². The van der Waals surface area contributed by atoms with Gasteiger partial charge in [-0.15, -0.1) is 0 Å². The lowest BCUT2D eigenvalue weighted by Gasteiger charge is -2.07. The van der Waals surface area contributed by atoms with Crippen LogP contribution in [0.3, 0.4) is 0 Å². The fourth-order valence-electron chi connectivity index (χ4n) is 1.72. The Labute approximate surface area is 131 Å². The molecule has 0 atom stereocenters. The molecule has 1 aromatic carbocycles. The number of carbonyl (C=O) groups excluding carboxylic acids is 2. The van der Waals surface area contributed by atoms with Crippen molar-refractivity contribution in [3.63, 3.8) is 0 Å². The molecule has 2 N–H and O–H groups in total. The zero-order chi connectivity index (χ0) is 16.4. The van der Waals surface area contributed by atoms with Crippen LogP contribution in [0, 0.1) is 0 Å². The van der Waals surface area contributed by atoms with E-state index in [-0.39, 0.29) is 17.9 Å². The Kier molecular flexibility index (Phi) is 7.92. The molecule has 0 heterocycles. The number of carbonyl (C=O) groups is 2. The summed E-state index contributed by atoms with van der Waals surface area (Å²) in [6, 6.07) is 7.04. The molecule has 0 bridgehead atoms. The van der Waals surface area contributed by atoms with Crippen LogP contribution in [0.5, 0.6) is 0 Å². The first kappa shape index (κ1) is 17.9. The molecule has 1 aromatic rings. The van der Waals surface area contributed by atoms with Crippen LogP contribution in [0.15, 0.2) is 30.3 Å². The third-order valence-corrected chi connectivity index (χ3v) is 2.90. The van der Waals surface area contributed by atoms with Crippen molar-refractivity contribution in [2.24, 2.45) is 0 Å². The van der Waals surface area contributed by atoms with Gasteiger partial charge in [0.05, 0.1) is 6.10 Å². The predicted octanol–water partition coefficient (Wildman–Crippen LogP) is 1.99. The Bertz CT molecular complexity index is 507. The summed E-state index contributed by atoms with van der Waals surface area (Å²) in [6.45, 7) is 5.20. The summed E-state index contributed by atoms with van der Waals surface area (Å²) in [5.41, 5.74) is 1.46. The summed E-state index contributed by atoms with van der Waals surface area (Å²) in [7, 11) is 1.59. The van der Waals surface area contributed by atoms with E-state index in [4.69, 9.17) is 4.74 Å². The van der Waals surface area contributed by atoms with Crippen LogP contribution in [0.2, 0.25) is 0 Å². The van der Waals surface area contributed by atoms with Crippen LogP contribution in [0.25, 0.3) is 6.08 Å². The quantitative estimate of drug-likeness (QED) is 0.570. The molecule has 0 saturated carbocycles. The zero-order valence-corrected chi connectivity index (χ0v) is 13.4. The highest BCUT2D eigenvalue weighted by atomic mass is 16.5. The number of amides is 2. The minimum atomic E-state index is -0.139. The standard InChI is InChI=1S/C17H24N2O3/c1-13(2)22-12-4-11-19-16(20)10-7-14-5-8-15(9-6-14)17(21)18-3/h5-10,13H,4,11-12H2,1-3H3,(H,18,21)(H,19,20). The van der Waals surface area contributed by atoms with Crippen molar-refractivity contribution >= 4 is 17.9 Å². The van der Waals surface area contributed by atoms with Crippen molar-refractivity contribution in [3.05, 3.63) is 41.5 Å². The maximum Gasteiger partial charge on any atom is 0.251 e. The number of rotatable bonds is 8. The predicted molar refractivity (Wildman–Crippen MR) is 87.6 cm³/mol. The van der Waals surface area contributed by atoms with E-state index in [2.05, 4.69) is 10.6 Å². The smallest absolute Gasteiger partial charge is 0.251 e. The molecule has 0 aliphatic heterocycles. The van der Waals surface area contributed by atoms with Crippen molar-refractivity contribution in [2.45, 2.75) is 26.4 Å². The minimum Gasteiger partial charge on any atom is -0.379 e. The zero-order valence-electron chi connectivity index (χ0n) is 13.4. The van der Waals surface area contributed by atoms with Crippen LogP contribution >= 0.6 is 0 Å². The molecule has 5 nitrogen and oxygen atoms in total. The van der Waals surface area contributed by atoms with E-state index in [9.17, 15) is 9.59 Å². The van der Waals surface area contributed by atoms with E-state index in [1.54, 1.807) is 37.4 Å². The van der Waals surface area contributed by atoms with Gasteiger partial charge in [-0.1, -0.05) is 12.1 Å². The van der Waals surface area contributed by atoms with E-state index in [1.165, 1.54) is 6.08 Å². The Balaban J connectivity index is 2.34. The largest absolute Gasteiger partial charge is 0.379 e. The fraction of sp³-hybridized carbons (Fsp3) is 0.412. The van der Waals surface area contributed by atoms with Crippen LogP contribution in [0.4, 0.5) is 0 Å². The van der Waals surface area contributed by atoms with Crippen molar-refractivity contribution in [2.75, 3.05) is 20.2 Å². The van der Waals surface area contributed by atoms with Crippen LogP contribution in [-0.2, 0) is 9.53 Å². The van der Waals surface area contributed by atoms with Crippen LogP contribution < -0.4 is 10.6 Å². The number of nitrogens with one attached hydrogen (secondary N) is 2. The van der Waals surface area contributed by atoms with Gasteiger partial charge in [-0.05, 0) is 44.0 Å². The summed E-state index contributed by atoms with van der Waals surface area (Å²) in [5.74, 6) is -0.267. The Morgan fingerprint density at radius 2 is 1.91 bits per heavy atom. The molecule has 0 radical (unpaired) electrons. The van der Waals surface area contributed by atoms with Crippen LogP contribution in [0.1, 0.15) is 36.2 Å². The lowest BCUT2D eigenvalue weighted by Crippen LogP contribution is -2.23. The van der Waals surface area contributed by atoms with Crippen LogP contribution in [-0.4, -0.2) is 38.1 Å². The maximum absolute atomic E-state index is 11.6. The monoisotopic (exact) mass is 304 g/mol. The molecule has 5 heteroatoms. The molecule has 0 aliphatic rings. The van der Waals surface area contributed by atoms with E-state index in [0.29, 0.717) is 18.7 Å². The van der Waals surface area contributed by atoms with E-state index in [1.807, 2.05) is 13.8 Å². The second-order valence-electron chi connectivity index (χ2n) is 5.10. The van der Waals surface area contributed by atoms with Crippen molar-refractivity contribution in [1.82, 2.24) is 10.6 Å². The third-order valence-electron chi connectivity index (χ3n) is 2.90. The first-order valence-corrected chi connectivity index (χ1v) is 7.42. The number of hydrogen-bond acceptors (Lipinski definition) is 3. The second kappa shape index (κ2) is 9.73. The van der Waals surface area contributed by atoms with Gasteiger partial charge in [0.15, 0.2) is 0 Å².